The first kappa shape index (κ1) is 16.1. The molecule has 0 saturated heterocycles. The summed E-state index contributed by atoms with van der Waals surface area (Å²) in [4.78, 5) is 0. The summed E-state index contributed by atoms with van der Waals surface area (Å²) < 4.78 is 36.5. The average Bonchev–Trinajstić information content (AvgIpc) is 2.23. The zero-order valence-corrected chi connectivity index (χ0v) is 11.7. The van der Waals surface area contributed by atoms with Crippen LogP contribution in [0.2, 0.25) is 0 Å². The number of rotatable bonds is 4. The third kappa shape index (κ3) is 3.78. The first-order valence-electron chi connectivity index (χ1n) is 6.22. The van der Waals surface area contributed by atoms with Gasteiger partial charge in [-0.3, -0.25) is 0 Å². The van der Waals surface area contributed by atoms with Crippen LogP contribution < -0.4 is 5.73 Å². The van der Waals surface area contributed by atoms with Crippen molar-refractivity contribution in [1.29, 1.82) is 0 Å². The molecule has 0 aromatic carbocycles. The maximum Gasteiger partial charge on any atom is 0.441 e. The highest BCUT2D eigenvalue weighted by molar-refractivity contribution is 8.00. The molecule has 1 aliphatic rings. The molecule has 0 aliphatic heterocycles. The van der Waals surface area contributed by atoms with E-state index in [0.29, 0.717) is 12.8 Å². The van der Waals surface area contributed by atoms with E-state index in [1.54, 1.807) is 0 Å². The Kier molecular flexibility index (Phi) is 5.00. The summed E-state index contributed by atoms with van der Waals surface area (Å²) >= 11 is -0.0234. The van der Waals surface area contributed by atoms with Crippen LogP contribution in [0.25, 0.3) is 0 Å². The minimum Gasteiger partial charge on any atom is -0.392 e. The van der Waals surface area contributed by atoms with Crippen molar-refractivity contribution < 1.29 is 18.3 Å². The molecule has 18 heavy (non-hydrogen) atoms. The molecule has 2 unspecified atom stereocenters. The van der Waals surface area contributed by atoms with Crippen molar-refractivity contribution in [3.8, 4) is 0 Å². The van der Waals surface area contributed by atoms with Crippen molar-refractivity contribution in [2.75, 3.05) is 12.3 Å². The van der Waals surface area contributed by atoms with Crippen molar-refractivity contribution in [1.82, 2.24) is 0 Å². The maximum atomic E-state index is 12.2. The summed E-state index contributed by atoms with van der Waals surface area (Å²) in [5.41, 5.74) is 0.727. The van der Waals surface area contributed by atoms with Gasteiger partial charge in [0.1, 0.15) is 0 Å². The van der Waals surface area contributed by atoms with E-state index in [1.807, 2.05) is 13.8 Å². The smallest absolute Gasteiger partial charge is 0.392 e. The lowest BCUT2D eigenvalue weighted by molar-refractivity contribution is -0.0902. The summed E-state index contributed by atoms with van der Waals surface area (Å²) in [7, 11) is 0. The third-order valence-electron chi connectivity index (χ3n) is 4.09. The molecule has 2 atom stereocenters. The van der Waals surface area contributed by atoms with Gasteiger partial charge in [0.25, 0.3) is 0 Å². The standard InChI is InChI=1S/C12H22F3NOS/c1-10(2)4-3-5-11(8-16,9(10)17)6-7-18-12(13,14)15/h9,17H,3-8,16H2,1-2H3. The molecule has 1 rings (SSSR count). The Balaban J connectivity index is 2.67. The van der Waals surface area contributed by atoms with Gasteiger partial charge in [-0.1, -0.05) is 32.0 Å². The van der Waals surface area contributed by atoms with Crippen LogP contribution in [0.4, 0.5) is 13.2 Å². The number of aliphatic hydroxyl groups is 1. The van der Waals surface area contributed by atoms with Crippen LogP contribution >= 0.6 is 11.8 Å². The van der Waals surface area contributed by atoms with Gasteiger partial charge in [-0.05, 0) is 24.7 Å². The number of hydrogen-bond donors (Lipinski definition) is 2. The van der Waals surface area contributed by atoms with Gasteiger partial charge in [-0.25, -0.2) is 0 Å². The fourth-order valence-corrected chi connectivity index (χ4v) is 3.69. The highest BCUT2D eigenvalue weighted by atomic mass is 32.2. The number of halogens is 3. The van der Waals surface area contributed by atoms with E-state index in [1.165, 1.54) is 0 Å². The third-order valence-corrected chi connectivity index (χ3v) is 4.82. The van der Waals surface area contributed by atoms with Crippen LogP contribution in [0, 0.1) is 10.8 Å². The molecule has 0 aromatic heterocycles. The van der Waals surface area contributed by atoms with Crippen molar-refractivity contribution in [3.05, 3.63) is 0 Å². The average molecular weight is 285 g/mol. The Morgan fingerprint density at radius 3 is 2.44 bits per heavy atom. The molecule has 3 N–H and O–H groups in total. The highest BCUT2D eigenvalue weighted by Gasteiger charge is 2.47. The summed E-state index contributed by atoms with van der Waals surface area (Å²) in [6.07, 6.45) is 2.21. The molecular weight excluding hydrogens is 263 g/mol. The van der Waals surface area contributed by atoms with E-state index >= 15 is 0 Å². The number of thioether (sulfide) groups is 1. The van der Waals surface area contributed by atoms with E-state index in [4.69, 9.17) is 5.73 Å². The molecule has 0 amide bonds. The van der Waals surface area contributed by atoms with Crippen LogP contribution in [-0.4, -0.2) is 29.0 Å². The first-order valence-corrected chi connectivity index (χ1v) is 7.20. The molecule has 1 fully saturated rings. The van der Waals surface area contributed by atoms with Gasteiger partial charge in [-0.2, -0.15) is 13.2 Å². The second-order valence-electron chi connectivity index (χ2n) is 5.86. The second-order valence-corrected chi connectivity index (χ2v) is 7.02. The molecule has 0 aromatic rings. The lowest BCUT2D eigenvalue weighted by atomic mass is 9.60. The van der Waals surface area contributed by atoms with E-state index in [2.05, 4.69) is 0 Å². The Morgan fingerprint density at radius 2 is 1.94 bits per heavy atom. The predicted molar refractivity (Wildman–Crippen MR) is 68.3 cm³/mol. The predicted octanol–water partition coefficient (Wildman–Crippen LogP) is 3.15. The molecule has 1 saturated carbocycles. The summed E-state index contributed by atoms with van der Waals surface area (Å²) in [6, 6.07) is 0. The summed E-state index contributed by atoms with van der Waals surface area (Å²) in [5.74, 6) is -0.0339. The minimum atomic E-state index is -4.20. The van der Waals surface area contributed by atoms with Crippen molar-refractivity contribution in [2.45, 2.75) is 51.1 Å². The molecule has 108 valence electrons. The fourth-order valence-electron chi connectivity index (χ4n) is 2.95. The Bertz CT molecular complexity index is 283. The largest absolute Gasteiger partial charge is 0.441 e. The molecule has 6 heteroatoms. The lowest BCUT2D eigenvalue weighted by Gasteiger charge is -2.49. The molecule has 2 nitrogen and oxygen atoms in total. The number of alkyl halides is 3. The first-order chi connectivity index (χ1) is 8.13. The Hall–Kier alpha value is 0.0600. The Morgan fingerprint density at radius 1 is 1.33 bits per heavy atom. The molecule has 0 radical (unpaired) electrons. The van der Waals surface area contributed by atoms with Crippen molar-refractivity contribution in [3.63, 3.8) is 0 Å². The summed E-state index contributed by atoms with van der Waals surface area (Å²) in [6.45, 7) is 4.16. The van der Waals surface area contributed by atoms with Gasteiger partial charge in [0, 0.05) is 17.7 Å². The van der Waals surface area contributed by atoms with Gasteiger partial charge < -0.3 is 10.8 Å². The number of aliphatic hydroxyl groups excluding tert-OH is 1. The summed E-state index contributed by atoms with van der Waals surface area (Å²) in [5, 5.41) is 10.4. The highest BCUT2D eigenvalue weighted by Crippen LogP contribution is 2.48. The topological polar surface area (TPSA) is 46.2 Å². The molecule has 0 heterocycles. The molecule has 0 spiro atoms. The van der Waals surface area contributed by atoms with Gasteiger partial charge >= 0.3 is 5.51 Å². The lowest BCUT2D eigenvalue weighted by Crippen LogP contribution is -2.52. The Labute approximate surface area is 111 Å². The molecule has 1 aliphatic carbocycles. The molecule has 0 bridgehead atoms. The molecular formula is C12H22F3NOS. The van der Waals surface area contributed by atoms with Crippen molar-refractivity contribution in [2.24, 2.45) is 16.6 Å². The normalized spacial score (nSPS) is 32.5. The van der Waals surface area contributed by atoms with Crippen LogP contribution in [0.5, 0.6) is 0 Å². The van der Waals surface area contributed by atoms with E-state index in [9.17, 15) is 18.3 Å². The SMILES string of the molecule is CC1(C)CCCC(CN)(CCSC(F)(F)F)C1O. The van der Waals surface area contributed by atoms with Gasteiger partial charge in [0.05, 0.1) is 6.10 Å². The zero-order valence-electron chi connectivity index (χ0n) is 10.9. The van der Waals surface area contributed by atoms with E-state index in [-0.39, 0.29) is 29.5 Å². The van der Waals surface area contributed by atoms with Crippen molar-refractivity contribution >= 4 is 11.8 Å². The van der Waals surface area contributed by atoms with E-state index < -0.39 is 17.0 Å². The van der Waals surface area contributed by atoms with Crippen LogP contribution in [0.1, 0.15) is 39.5 Å². The van der Waals surface area contributed by atoms with E-state index in [0.717, 1.165) is 12.8 Å². The van der Waals surface area contributed by atoms with Gasteiger partial charge in [0.2, 0.25) is 0 Å². The van der Waals surface area contributed by atoms with Crippen LogP contribution in [0.15, 0.2) is 0 Å². The number of hydrogen-bond acceptors (Lipinski definition) is 3. The fraction of sp³-hybridized carbons (Fsp3) is 1.00. The monoisotopic (exact) mass is 285 g/mol. The zero-order chi connectivity index (χ0) is 14.0. The van der Waals surface area contributed by atoms with Crippen LogP contribution in [0.3, 0.4) is 0 Å². The van der Waals surface area contributed by atoms with Crippen LogP contribution in [-0.2, 0) is 0 Å². The maximum absolute atomic E-state index is 12.2. The van der Waals surface area contributed by atoms with Gasteiger partial charge in [-0.15, -0.1) is 0 Å². The number of nitrogens with two attached hydrogens (primary N) is 1. The van der Waals surface area contributed by atoms with Gasteiger partial charge in [0.15, 0.2) is 0 Å². The quantitative estimate of drug-likeness (QED) is 0.834. The minimum absolute atomic E-state index is 0.0234. The second kappa shape index (κ2) is 5.59.